The lowest BCUT2D eigenvalue weighted by Crippen LogP contribution is -2.31. The van der Waals surface area contributed by atoms with Gasteiger partial charge in [0.25, 0.3) is 5.89 Å². The molecule has 4 heterocycles. The molecule has 0 bridgehead atoms. The minimum atomic E-state index is -0.553. The average Bonchev–Trinajstić information content (AvgIpc) is 3.49. The molecule has 0 aliphatic heterocycles. The molecule has 0 aliphatic rings. The molecule has 0 radical (unpaired) electrons. The number of aromatic nitrogens is 7. The molecule has 1 atom stereocenters. The van der Waals surface area contributed by atoms with E-state index < -0.39 is 5.41 Å². The minimum Gasteiger partial charge on any atom is -0.368 e. The lowest BCUT2D eigenvalue weighted by Gasteiger charge is -2.30. The van der Waals surface area contributed by atoms with Crippen LogP contribution in [0.5, 0.6) is 0 Å². The first-order valence-corrected chi connectivity index (χ1v) is 10.4. The summed E-state index contributed by atoms with van der Waals surface area (Å²) in [5, 5.41) is 11.0. The van der Waals surface area contributed by atoms with Crippen LogP contribution < -0.4 is 11.1 Å². The Kier molecular flexibility index (Phi) is 5.86. The fourth-order valence-electron chi connectivity index (χ4n) is 3.40. The van der Waals surface area contributed by atoms with Crippen molar-refractivity contribution in [1.29, 1.82) is 0 Å². The van der Waals surface area contributed by atoms with Gasteiger partial charge in [0, 0.05) is 37.4 Å². The third kappa shape index (κ3) is 4.29. The third-order valence-electron chi connectivity index (χ3n) is 5.84. The molecule has 1 amide bonds. The van der Waals surface area contributed by atoms with Crippen molar-refractivity contribution in [3.63, 3.8) is 0 Å². The summed E-state index contributed by atoms with van der Waals surface area (Å²) >= 11 is 0. The number of hydrogen-bond acceptors (Lipinski definition) is 9. The van der Waals surface area contributed by atoms with Gasteiger partial charge in [0.2, 0.25) is 11.9 Å². The summed E-state index contributed by atoms with van der Waals surface area (Å²) in [6.45, 7) is 6.36. The van der Waals surface area contributed by atoms with Crippen LogP contribution in [-0.4, -0.2) is 47.8 Å². The number of nitrogens with zero attached hydrogens (tertiary/aromatic N) is 7. The van der Waals surface area contributed by atoms with Crippen LogP contribution in [0.4, 0.5) is 5.95 Å². The van der Waals surface area contributed by atoms with Crippen molar-refractivity contribution in [3.8, 4) is 22.7 Å². The Morgan fingerprint density at radius 1 is 1.15 bits per heavy atom. The summed E-state index contributed by atoms with van der Waals surface area (Å²) in [6.07, 6.45) is 8.38. The van der Waals surface area contributed by atoms with Gasteiger partial charge in [-0.1, -0.05) is 25.1 Å². The van der Waals surface area contributed by atoms with E-state index in [1.807, 2.05) is 18.3 Å². The van der Waals surface area contributed by atoms with E-state index in [-0.39, 0.29) is 24.3 Å². The van der Waals surface area contributed by atoms with Crippen LogP contribution >= 0.6 is 0 Å². The number of nitrogens with one attached hydrogen (secondary N) is 1. The number of hydrogen-bond donors (Lipinski definition) is 2. The molecule has 4 aromatic rings. The van der Waals surface area contributed by atoms with Crippen LogP contribution in [0, 0.1) is 5.92 Å². The zero-order valence-corrected chi connectivity index (χ0v) is 18.9. The van der Waals surface area contributed by atoms with E-state index in [4.69, 9.17) is 10.3 Å². The number of pyridine rings is 1. The summed E-state index contributed by atoms with van der Waals surface area (Å²) in [5.74, 6) is 1.09. The zero-order chi connectivity index (χ0) is 23.6. The first-order valence-electron chi connectivity index (χ1n) is 10.4. The van der Waals surface area contributed by atoms with Gasteiger partial charge < -0.3 is 15.6 Å². The lowest BCUT2D eigenvalue weighted by atomic mass is 9.73. The highest BCUT2D eigenvalue weighted by Gasteiger charge is 2.38. The Hall–Kier alpha value is -4.15. The quantitative estimate of drug-likeness (QED) is 0.434. The molecule has 0 aromatic carbocycles. The SMILES string of the molecule is CNC(=O)Cn1cc(-c2nc([C@@](C)(c3ccc(-c4cnc(N)nc4)nc3)C(C)C)no2)cn1. The molecule has 11 heteroatoms. The van der Waals surface area contributed by atoms with Crippen LogP contribution in [0.3, 0.4) is 0 Å². The predicted molar refractivity (Wildman–Crippen MR) is 121 cm³/mol. The molecule has 0 unspecified atom stereocenters. The number of amides is 1. The van der Waals surface area contributed by atoms with Gasteiger partial charge in [-0.15, -0.1) is 0 Å². The number of rotatable bonds is 7. The van der Waals surface area contributed by atoms with Gasteiger partial charge in [-0.3, -0.25) is 14.5 Å². The molecule has 4 aromatic heterocycles. The summed E-state index contributed by atoms with van der Waals surface area (Å²) in [6, 6.07) is 3.91. The Bertz CT molecular complexity index is 1250. The highest BCUT2D eigenvalue weighted by Crippen LogP contribution is 2.38. The lowest BCUT2D eigenvalue weighted by molar-refractivity contribution is -0.121. The zero-order valence-electron chi connectivity index (χ0n) is 18.9. The van der Waals surface area contributed by atoms with Crippen molar-refractivity contribution in [2.45, 2.75) is 32.7 Å². The highest BCUT2D eigenvalue weighted by atomic mass is 16.5. The van der Waals surface area contributed by atoms with E-state index in [0.29, 0.717) is 17.3 Å². The monoisotopic (exact) mass is 447 g/mol. The maximum Gasteiger partial charge on any atom is 0.261 e. The van der Waals surface area contributed by atoms with Gasteiger partial charge in [0.05, 0.1) is 22.9 Å². The molecule has 0 fully saturated rings. The van der Waals surface area contributed by atoms with Crippen molar-refractivity contribution >= 4 is 11.9 Å². The van der Waals surface area contributed by atoms with E-state index in [2.05, 4.69) is 56.3 Å². The third-order valence-corrected chi connectivity index (χ3v) is 5.84. The predicted octanol–water partition coefficient (Wildman–Crippen LogP) is 2.08. The maximum atomic E-state index is 11.6. The molecule has 4 rings (SSSR count). The fraction of sp³-hybridized carbons (Fsp3) is 0.318. The Morgan fingerprint density at radius 2 is 1.91 bits per heavy atom. The molecule has 0 saturated carbocycles. The Labute approximate surface area is 190 Å². The molecular formula is C22H25N9O2. The second-order valence-electron chi connectivity index (χ2n) is 8.14. The van der Waals surface area contributed by atoms with Crippen molar-refractivity contribution in [2.75, 3.05) is 12.8 Å². The summed E-state index contributed by atoms with van der Waals surface area (Å²) in [5.41, 5.74) is 8.11. The van der Waals surface area contributed by atoms with Crippen LogP contribution in [0.2, 0.25) is 0 Å². The average molecular weight is 448 g/mol. The maximum absolute atomic E-state index is 11.6. The summed E-state index contributed by atoms with van der Waals surface area (Å²) in [4.78, 5) is 28.9. The molecule has 3 N–H and O–H groups in total. The smallest absolute Gasteiger partial charge is 0.261 e. The van der Waals surface area contributed by atoms with E-state index in [1.165, 1.54) is 4.68 Å². The molecule has 11 nitrogen and oxygen atoms in total. The van der Waals surface area contributed by atoms with Crippen LogP contribution in [0.1, 0.15) is 32.2 Å². The van der Waals surface area contributed by atoms with Gasteiger partial charge in [0.1, 0.15) is 6.54 Å². The van der Waals surface area contributed by atoms with E-state index in [1.54, 1.807) is 31.8 Å². The normalized spacial score (nSPS) is 13.1. The first-order chi connectivity index (χ1) is 15.8. The van der Waals surface area contributed by atoms with Crippen molar-refractivity contribution < 1.29 is 9.32 Å². The number of nitrogen functional groups attached to an aromatic ring is 1. The van der Waals surface area contributed by atoms with Gasteiger partial charge >= 0.3 is 0 Å². The number of nitrogens with two attached hydrogens (primary N) is 1. The number of likely N-dealkylation sites (N-methyl/N-ethyl adjacent to an activating group) is 1. The molecule has 0 saturated heterocycles. The standard InChI is InChI=1S/C22H25N9O2/c1-13(2)22(3,16-5-6-17(25-10-16)14-7-26-21(23)27-8-14)20-29-19(33-30-20)15-9-28-31(11-15)12-18(32)24-4/h5-11,13H,12H2,1-4H3,(H,24,32)(H2,23,26,27)/t22-/m1/s1. The van der Waals surface area contributed by atoms with Crippen molar-refractivity contribution in [1.82, 2.24) is 40.2 Å². The topological polar surface area (TPSA) is 151 Å². The van der Waals surface area contributed by atoms with E-state index >= 15 is 0 Å². The number of carbonyl (C=O) groups is 1. The molecule has 33 heavy (non-hydrogen) atoms. The molecule has 0 spiro atoms. The highest BCUT2D eigenvalue weighted by molar-refractivity contribution is 5.75. The largest absolute Gasteiger partial charge is 0.368 e. The molecule has 0 aliphatic carbocycles. The van der Waals surface area contributed by atoms with Crippen molar-refractivity contribution in [2.24, 2.45) is 5.92 Å². The summed E-state index contributed by atoms with van der Waals surface area (Å²) in [7, 11) is 1.58. The second kappa shape index (κ2) is 8.77. The molecular weight excluding hydrogens is 422 g/mol. The minimum absolute atomic E-state index is 0.109. The second-order valence-corrected chi connectivity index (χ2v) is 8.14. The van der Waals surface area contributed by atoms with Gasteiger partial charge in [0.15, 0.2) is 5.82 Å². The van der Waals surface area contributed by atoms with Gasteiger partial charge in [-0.05, 0) is 24.5 Å². The van der Waals surface area contributed by atoms with E-state index in [9.17, 15) is 4.79 Å². The van der Waals surface area contributed by atoms with Gasteiger partial charge in [-0.2, -0.15) is 10.1 Å². The first kappa shape index (κ1) is 22.1. The van der Waals surface area contributed by atoms with E-state index in [0.717, 1.165) is 16.8 Å². The number of carbonyl (C=O) groups excluding carboxylic acids is 1. The number of anilines is 1. The fourth-order valence-corrected chi connectivity index (χ4v) is 3.40. The van der Waals surface area contributed by atoms with Crippen LogP contribution in [0.25, 0.3) is 22.7 Å². The van der Waals surface area contributed by atoms with Crippen LogP contribution in [0.15, 0.2) is 47.6 Å². The Morgan fingerprint density at radius 3 is 2.55 bits per heavy atom. The Balaban J connectivity index is 1.63. The van der Waals surface area contributed by atoms with Crippen LogP contribution in [-0.2, 0) is 16.8 Å². The van der Waals surface area contributed by atoms with Gasteiger partial charge in [-0.25, -0.2) is 9.97 Å². The van der Waals surface area contributed by atoms with Crippen molar-refractivity contribution in [3.05, 3.63) is 54.5 Å². The molecule has 170 valence electrons. The summed E-state index contributed by atoms with van der Waals surface area (Å²) < 4.78 is 7.07.